The van der Waals surface area contributed by atoms with E-state index in [1.165, 1.54) is 26.8 Å². The summed E-state index contributed by atoms with van der Waals surface area (Å²) in [7, 11) is 4.14. The van der Waals surface area contributed by atoms with Crippen molar-refractivity contribution >= 4 is 27.3 Å². The van der Waals surface area contributed by atoms with Crippen LogP contribution in [0.15, 0.2) is 48.5 Å². The number of benzene rings is 2. The van der Waals surface area contributed by atoms with Crippen molar-refractivity contribution in [1.82, 2.24) is 9.80 Å². The summed E-state index contributed by atoms with van der Waals surface area (Å²) in [5.74, 6) is 0.179. The highest BCUT2D eigenvalue weighted by molar-refractivity contribution is 7.21. The Hall–Kier alpha value is -2.17. The Balaban J connectivity index is 1.67. The molecule has 0 unspecified atom stereocenters. The molecule has 3 aromatic rings. The highest BCUT2D eigenvalue weighted by Gasteiger charge is 2.28. The van der Waals surface area contributed by atoms with E-state index >= 15 is 0 Å². The number of fused-ring (bicyclic) bond motifs is 1. The molecule has 4 rings (SSSR count). The minimum Gasteiger partial charge on any atom is -0.338 e. The average molecular weight is 393 g/mol. The first-order valence-electron chi connectivity index (χ1n) is 10.0. The Morgan fingerprint density at radius 3 is 2.50 bits per heavy atom. The Labute approximate surface area is 171 Å². The van der Waals surface area contributed by atoms with Crippen LogP contribution in [0.25, 0.3) is 10.1 Å². The number of nitrogens with zero attached hydrogens (tertiary/aromatic N) is 2. The molecule has 1 saturated heterocycles. The molecule has 1 aliphatic heterocycles. The molecule has 1 aromatic heterocycles. The van der Waals surface area contributed by atoms with E-state index in [0.29, 0.717) is 6.04 Å². The van der Waals surface area contributed by atoms with Gasteiger partial charge in [0.1, 0.15) is 0 Å². The summed E-state index contributed by atoms with van der Waals surface area (Å²) in [4.78, 5) is 18.7. The van der Waals surface area contributed by atoms with Gasteiger partial charge >= 0.3 is 0 Å². The first-order valence-corrected chi connectivity index (χ1v) is 10.9. The third kappa shape index (κ3) is 3.85. The lowest BCUT2D eigenvalue weighted by Crippen LogP contribution is -2.44. The van der Waals surface area contributed by atoms with Crippen molar-refractivity contribution in [2.75, 3.05) is 27.2 Å². The molecule has 3 nitrogen and oxygen atoms in total. The number of amides is 1. The van der Waals surface area contributed by atoms with Crippen molar-refractivity contribution in [2.24, 2.45) is 0 Å². The zero-order chi connectivity index (χ0) is 19.7. The van der Waals surface area contributed by atoms with Crippen molar-refractivity contribution in [3.63, 3.8) is 0 Å². The van der Waals surface area contributed by atoms with Gasteiger partial charge < -0.3 is 9.80 Å². The third-order valence-corrected chi connectivity index (χ3v) is 7.15. The van der Waals surface area contributed by atoms with Crippen LogP contribution in [0.1, 0.15) is 39.2 Å². The number of likely N-dealkylation sites (tertiary alicyclic amines) is 1. The molecule has 146 valence electrons. The fraction of sp³-hybridized carbons (Fsp3) is 0.375. The van der Waals surface area contributed by atoms with Gasteiger partial charge in [0.05, 0.1) is 4.88 Å². The van der Waals surface area contributed by atoms with Gasteiger partial charge in [-0.1, -0.05) is 48.0 Å². The number of hydrogen-bond acceptors (Lipinski definition) is 3. The summed E-state index contributed by atoms with van der Waals surface area (Å²) < 4.78 is 1.20. The molecule has 0 aliphatic carbocycles. The summed E-state index contributed by atoms with van der Waals surface area (Å²) in [6, 6.07) is 17.4. The van der Waals surface area contributed by atoms with Gasteiger partial charge in [-0.15, -0.1) is 11.3 Å². The fourth-order valence-corrected chi connectivity index (χ4v) is 5.27. The van der Waals surface area contributed by atoms with E-state index in [-0.39, 0.29) is 5.91 Å². The number of hydrogen-bond donors (Lipinski definition) is 0. The molecule has 4 heteroatoms. The number of rotatable bonds is 4. The third-order valence-electron chi connectivity index (χ3n) is 5.95. The summed E-state index contributed by atoms with van der Waals surface area (Å²) in [5.41, 5.74) is 3.69. The molecule has 0 atom stereocenters. The Morgan fingerprint density at radius 2 is 1.79 bits per heavy atom. The van der Waals surface area contributed by atoms with Crippen LogP contribution in [0.3, 0.4) is 0 Å². The number of aryl methyl sites for hydroxylation is 1. The summed E-state index contributed by atoms with van der Waals surface area (Å²) in [6.45, 7) is 4.23. The maximum Gasteiger partial charge on any atom is 0.264 e. The number of thiophene rings is 1. The van der Waals surface area contributed by atoms with Crippen LogP contribution < -0.4 is 0 Å². The van der Waals surface area contributed by atoms with E-state index in [1.54, 1.807) is 11.3 Å². The topological polar surface area (TPSA) is 23.6 Å². The molecule has 0 spiro atoms. The molecule has 0 N–H and O–H groups in total. The molecule has 2 aromatic carbocycles. The SMILES string of the molecule is Cc1ccc(Cc2c(C(=O)N(C)C3CCN(C)CC3)sc3ccccc23)cc1. The van der Waals surface area contributed by atoms with E-state index in [0.717, 1.165) is 37.2 Å². The highest BCUT2D eigenvalue weighted by atomic mass is 32.1. The molecule has 1 amide bonds. The van der Waals surface area contributed by atoms with Gasteiger partial charge in [0.2, 0.25) is 0 Å². The summed E-state index contributed by atoms with van der Waals surface area (Å²) in [6.07, 6.45) is 2.90. The summed E-state index contributed by atoms with van der Waals surface area (Å²) in [5, 5.41) is 1.22. The van der Waals surface area contributed by atoms with Gasteiger partial charge in [-0.05, 0) is 68.9 Å². The Morgan fingerprint density at radius 1 is 1.11 bits per heavy atom. The molecular weight excluding hydrogens is 364 g/mol. The second-order valence-corrected chi connectivity index (χ2v) is 9.07. The lowest BCUT2D eigenvalue weighted by molar-refractivity contribution is 0.0663. The number of piperidine rings is 1. The van der Waals surface area contributed by atoms with E-state index in [1.807, 2.05) is 11.9 Å². The van der Waals surface area contributed by atoms with E-state index in [4.69, 9.17) is 0 Å². The van der Waals surface area contributed by atoms with Crippen molar-refractivity contribution in [3.8, 4) is 0 Å². The summed E-state index contributed by atoms with van der Waals surface area (Å²) >= 11 is 1.65. The van der Waals surface area contributed by atoms with Crippen LogP contribution in [-0.2, 0) is 6.42 Å². The molecule has 0 saturated carbocycles. The van der Waals surface area contributed by atoms with Gasteiger partial charge in [-0.25, -0.2) is 0 Å². The molecule has 2 heterocycles. The van der Waals surface area contributed by atoms with Crippen LogP contribution in [0, 0.1) is 6.92 Å². The van der Waals surface area contributed by atoms with E-state index < -0.39 is 0 Å². The average Bonchev–Trinajstić information content (AvgIpc) is 3.07. The van der Waals surface area contributed by atoms with Crippen molar-refractivity contribution < 1.29 is 4.79 Å². The maximum absolute atomic E-state index is 13.5. The molecule has 0 bridgehead atoms. The van der Waals surface area contributed by atoms with Gasteiger partial charge in [-0.2, -0.15) is 0 Å². The highest BCUT2D eigenvalue weighted by Crippen LogP contribution is 2.34. The lowest BCUT2D eigenvalue weighted by atomic mass is 9.99. The molecule has 1 aliphatic rings. The Kier molecular flexibility index (Phi) is 5.51. The quantitative estimate of drug-likeness (QED) is 0.626. The van der Waals surface area contributed by atoms with Crippen LogP contribution in [0.4, 0.5) is 0 Å². The number of carbonyl (C=O) groups is 1. The molecule has 1 fully saturated rings. The monoisotopic (exact) mass is 392 g/mol. The lowest BCUT2D eigenvalue weighted by Gasteiger charge is -2.35. The number of carbonyl (C=O) groups excluding carboxylic acids is 1. The maximum atomic E-state index is 13.5. The standard InChI is InChI=1S/C24H28N2OS/c1-17-8-10-18(11-9-17)16-21-20-6-4-5-7-22(20)28-23(21)24(27)26(3)19-12-14-25(2)15-13-19/h4-11,19H,12-16H2,1-3H3. The predicted molar refractivity (Wildman–Crippen MR) is 118 cm³/mol. The van der Waals surface area contributed by atoms with Crippen molar-refractivity contribution in [2.45, 2.75) is 32.2 Å². The van der Waals surface area contributed by atoms with E-state index in [2.05, 4.69) is 67.4 Å². The van der Waals surface area contributed by atoms with Crippen molar-refractivity contribution in [3.05, 3.63) is 70.1 Å². The largest absolute Gasteiger partial charge is 0.338 e. The van der Waals surface area contributed by atoms with Crippen molar-refractivity contribution in [1.29, 1.82) is 0 Å². The molecule has 0 radical (unpaired) electrons. The van der Waals surface area contributed by atoms with Gasteiger partial charge in [-0.3, -0.25) is 4.79 Å². The van der Waals surface area contributed by atoms with Gasteiger partial charge in [0.25, 0.3) is 5.91 Å². The molecular formula is C24H28N2OS. The minimum atomic E-state index is 0.179. The smallest absolute Gasteiger partial charge is 0.264 e. The second-order valence-electron chi connectivity index (χ2n) is 8.02. The van der Waals surface area contributed by atoms with Gasteiger partial charge in [0.15, 0.2) is 0 Å². The first kappa shape index (κ1) is 19.2. The second kappa shape index (κ2) is 8.06. The minimum absolute atomic E-state index is 0.179. The predicted octanol–water partition coefficient (Wildman–Crippen LogP) is 4.97. The normalized spacial score (nSPS) is 15.8. The fourth-order valence-electron chi connectivity index (χ4n) is 4.07. The van der Waals surface area contributed by atoms with Crippen LogP contribution in [0.5, 0.6) is 0 Å². The Bertz CT molecular complexity index is 968. The van der Waals surface area contributed by atoms with Crippen LogP contribution >= 0.6 is 11.3 Å². The van der Waals surface area contributed by atoms with Gasteiger partial charge in [0, 0.05) is 17.8 Å². The zero-order valence-electron chi connectivity index (χ0n) is 16.9. The van der Waals surface area contributed by atoms with Crippen LogP contribution in [-0.4, -0.2) is 48.9 Å². The first-order chi connectivity index (χ1) is 13.5. The van der Waals surface area contributed by atoms with Crippen LogP contribution in [0.2, 0.25) is 0 Å². The zero-order valence-corrected chi connectivity index (χ0v) is 17.8. The molecule has 28 heavy (non-hydrogen) atoms. The van der Waals surface area contributed by atoms with E-state index in [9.17, 15) is 4.79 Å².